The topological polar surface area (TPSA) is 89.1 Å². The average molecular weight is 223 g/mol. The zero-order chi connectivity index (χ0) is 11.5. The van der Waals surface area contributed by atoms with Gasteiger partial charge in [-0.25, -0.2) is 5.53 Å². The summed E-state index contributed by atoms with van der Waals surface area (Å²) in [5, 5.41) is 22.4. The Morgan fingerprint density at radius 1 is 1.19 bits per heavy atom. The number of hydrogen-bond donors (Lipinski definition) is 3. The van der Waals surface area contributed by atoms with E-state index < -0.39 is 0 Å². The molecule has 6 heteroatoms. The predicted octanol–water partition coefficient (Wildman–Crippen LogP) is 1.60. The molecule has 1 aromatic rings. The fourth-order valence-electron chi connectivity index (χ4n) is 1.70. The van der Waals surface area contributed by atoms with Gasteiger partial charge in [-0.05, 0) is 0 Å². The van der Waals surface area contributed by atoms with E-state index in [1.807, 2.05) is 4.90 Å². The average Bonchev–Trinajstić information content (AvgIpc) is 2.32. The number of morpholine rings is 1. The molecule has 1 heterocycles. The number of anilines is 1. The third-order valence-corrected chi connectivity index (χ3v) is 2.54. The highest BCUT2D eigenvalue weighted by atomic mass is 16.5. The number of hydrogen-bond acceptors (Lipinski definition) is 6. The quantitative estimate of drug-likeness (QED) is 0.524. The summed E-state index contributed by atoms with van der Waals surface area (Å²) in [6, 6.07) is 2.71. The molecule has 1 aliphatic rings. The molecule has 0 atom stereocenters. The largest absolute Gasteiger partial charge is 0.506 e. The molecule has 1 saturated heterocycles. The molecular weight excluding hydrogens is 210 g/mol. The fourth-order valence-corrected chi connectivity index (χ4v) is 1.70. The first kappa shape index (κ1) is 10.7. The lowest BCUT2D eigenvalue weighted by atomic mass is 10.2. The van der Waals surface area contributed by atoms with Crippen LogP contribution in [0.25, 0.3) is 0 Å². The zero-order valence-electron chi connectivity index (χ0n) is 8.68. The van der Waals surface area contributed by atoms with Crippen molar-refractivity contribution in [2.45, 2.75) is 0 Å². The summed E-state index contributed by atoms with van der Waals surface area (Å²) in [7, 11) is 0. The third-order valence-electron chi connectivity index (χ3n) is 2.54. The van der Waals surface area contributed by atoms with Crippen LogP contribution in [0, 0.1) is 5.53 Å². The first-order valence-electron chi connectivity index (χ1n) is 4.98. The summed E-state index contributed by atoms with van der Waals surface area (Å²) in [6.45, 7) is 2.55. The molecule has 0 saturated carbocycles. The maximum absolute atomic E-state index is 9.76. The molecule has 0 spiro atoms. The molecule has 0 aromatic heterocycles. The molecule has 0 amide bonds. The highest BCUT2D eigenvalue weighted by molar-refractivity contribution is 5.68. The van der Waals surface area contributed by atoms with Crippen molar-refractivity contribution in [1.82, 2.24) is 0 Å². The van der Waals surface area contributed by atoms with E-state index in [4.69, 9.17) is 10.3 Å². The minimum atomic E-state index is -0.103. The minimum absolute atomic E-state index is 0.0192. The summed E-state index contributed by atoms with van der Waals surface area (Å²) >= 11 is 0. The van der Waals surface area contributed by atoms with Crippen LogP contribution in [-0.4, -0.2) is 36.5 Å². The van der Waals surface area contributed by atoms with Crippen molar-refractivity contribution in [3.8, 4) is 11.5 Å². The number of ether oxygens (including phenoxy) is 1. The van der Waals surface area contributed by atoms with E-state index in [0.717, 1.165) is 0 Å². The van der Waals surface area contributed by atoms with Crippen LogP contribution in [-0.2, 0) is 4.74 Å². The van der Waals surface area contributed by atoms with Crippen molar-refractivity contribution >= 4 is 11.4 Å². The molecule has 16 heavy (non-hydrogen) atoms. The standard InChI is InChI=1S/C10H13N3O3/c11-12-7-5-10(15)8(6-9(7)14)13-1-3-16-4-2-13/h5-6,11,14-15H,1-4H2. The van der Waals surface area contributed by atoms with Crippen molar-refractivity contribution < 1.29 is 14.9 Å². The Morgan fingerprint density at radius 3 is 2.50 bits per heavy atom. The lowest BCUT2D eigenvalue weighted by Gasteiger charge is -2.29. The van der Waals surface area contributed by atoms with E-state index in [0.29, 0.717) is 32.0 Å². The highest BCUT2D eigenvalue weighted by Crippen LogP contribution is 2.38. The Hall–Kier alpha value is -1.82. The Balaban J connectivity index is 2.33. The molecule has 0 aliphatic carbocycles. The monoisotopic (exact) mass is 223 g/mol. The maximum atomic E-state index is 9.76. The van der Waals surface area contributed by atoms with Gasteiger partial charge >= 0.3 is 0 Å². The first-order chi connectivity index (χ1) is 7.72. The Bertz CT molecular complexity index is 403. The van der Waals surface area contributed by atoms with Gasteiger partial charge in [0, 0.05) is 25.2 Å². The summed E-state index contributed by atoms with van der Waals surface area (Å²) in [4.78, 5) is 1.92. The number of phenolic OH excluding ortho intramolecular Hbond substituents is 2. The van der Waals surface area contributed by atoms with Gasteiger partial charge in [-0.2, -0.15) is 5.11 Å². The molecule has 0 radical (unpaired) electrons. The van der Waals surface area contributed by atoms with Gasteiger partial charge in [0.1, 0.15) is 17.2 Å². The summed E-state index contributed by atoms with van der Waals surface area (Å²) in [6.07, 6.45) is 0. The molecule has 0 unspecified atom stereocenters. The first-order valence-corrected chi connectivity index (χ1v) is 4.98. The number of nitrogens with one attached hydrogen (secondary N) is 1. The second-order valence-electron chi connectivity index (χ2n) is 3.54. The van der Waals surface area contributed by atoms with Crippen molar-refractivity contribution in [3.05, 3.63) is 12.1 Å². The minimum Gasteiger partial charge on any atom is -0.506 e. The van der Waals surface area contributed by atoms with E-state index in [2.05, 4.69) is 5.11 Å². The smallest absolute Gasteiger partial charge is 0.145 e. The predicted molar refractivity (Wildman–Crippen MR) is 57.6 cm³/mol. The normalized spacial score (nSPS) is 16.1. The molecule has 2 rings (SSSR count). The van der Waals surface area contributed by atoms with Gasteiger partial charge in [0.2, 0.25) is 0 Å². The van der Waals surface area contributed by atoms with Crippen LogP contribution < -0.4 is 4.90 Å². The molecule has 1 fully saturated rings. The van der Waals surface area contributed by atoms with Crippen LogP contribution in [0.15, 0.2) is 17.2 Å². The van der Waals surface area contributed by atoms with Crippen molar-refractivity contribution in [3.63, 3.8) is 0 Å². The Kier molecular flexibility index (Phi) is 2.91. The van der Waals surface area contributed by atoms with Gasteiger partial charge < -0.3 is 19.8 Å². The van der Waals surface area contributed by atoms with Gasteiger partial charge in [0.15, 0.2) is 0 Å². The van der Waals surface area contributed by atoms with E-state index in [9.17, 15) is 10.2 Å². The Labute approximate surface area is 92.6 Å². The molecule has 86 valence electrons. The summed E-state index contributed by atoms with van der Waals surface area (Å²) in [5.74, 6) is -0.0833. The van der Waals surface area contributed by atoms with E-state index >= 15 is 0 Å². The van der Waals surface area contributed by atoms with E-state index in [1.54, 1.807) is 0 Å². The van der Waals surface area contributed by atoms with Crippen molar-refractivity contribution in [1.29, 1.82) is 5.53 Å². The fraction of sp³-hybridized carbons (Fsp3) is 0.400. The van der Waals surface area contributed by atoms with Crippen molar-refractivity contribution in [2.75, 3.05) is 31.2 Å². The van der Waals surface area contributed by atoms with Crippen molar-refractivity contribution in [2.24, 2.45) is 5.11 Å². The van der Waals surface area contributed by atoms with Crippen LogP contribution >= 0.6 is 0 Å². The SMILES string of the molecule is N=Nc1cc(O)c(N2CCOCC2)cc1O. The summed E-state index contributed by atoms with van der Waals surface area (Å²) < 4.78 is 5.20. The maximum Gasteiger partial charge on any atom is 0.145 e. The second kappa shape index (κ2) is 4.36. The molecule has 1 aromatic carbocycles. The Morgan fingerprint density at radius 2 is 1.88 bits per heavy atom. The van der Waals surface area contributed by atoms with Crippen LogP contribution in [0.3, 0.4) is 0 Å². The van der Waals surface area contributed by atoms with Gasteiger partial charge in [0.05, 0.1) is 18.9 Å². The van der Waals surface area contributed by atoms with Crippen LogP contribution in [0.4, 0.5) is 11.4 Å². The number of phenols is 2. The highest BCUT2D eigenvalue weighted by Gasteiger charge is 2.17. The van der Waals surface area contributed by atoms with Gasteiger partial charge in [-0.15, -0.1) is 0 Å². The molecule has 3 N–H and O–H groups in total. The van der Waals surface area contributed by atoms with E-state index in [-0.39, 0.29) is 17.2 Å². The van der Waals surface area contributed by atoms with Gasteiger partial charge in [0.25, 0.3) is 0 Å². The lowest BCUT2D eigenvalue weighted by molar-refractivity contribution is 0.122. The number of aromatic hydroxyl groups is 2. The van der Waals surface area contributed by atoms with Gasteiger partial charge in [-0.1, -0.05) is 0 Å². The molecule has 6 nitrogen and oxygen atoms in total. The number of benzene rings is 1. The number of nitrogens with zero attached hydrogens (tertiary/aromatic N) is 2. The number of rotatable bonds is 2. The van der Waals surface area contributed by atoms with Crippen LogP contribution in [0.5, 0.6) is 11.5 Å². The van der Waals surface area contributed by atoms with Gasteiger partial charge in [-0.3, -0.25) is 0 Å². The van der Waals surface area contributed by atoms with E-state index in [1.165, 1.54) is 12.1 Å². The second-order valence-corrected chi connectivity index (χ2v) is 3.54. The third kappa shape index (κ3) is 1.92. The summed E-state index contributed by atoms with van der Waals surface area (Å²) in [5.41, 5.74) is 7.43. The molecule has 1 aliphatic heterocycles. The molecule has 0 bridgehead atoms. The zero-order valence-corrected chi connectivity index (χ0v) is 8.68. The lowest BCUT2D eigenvalue weighted by Crippen LogP contribution is -2.36. The van der Waals surface area contributed by atoms with Crippen LogP contribution in [0.1, 0.15) is 0 Å². The molecular formula is C10H13N3O3. The van der Waals surface area contributed by atoms with Crippen LogP contribution in [0.2, 0.25) is 0 Å².